The van der Waals surface area contributed by atoms with Crippen LogP contribution in [-0.4, -0.2) is 19.0 Å². The van der Waals surface area contributed by atoms with Gasteiger partial charge in [0.05, 0.1) is 34.1 Å². The number of rotatable bonds is 6. The fourth-order valence-electron chi connectivity index (χ4n) is 13.6. The van der Waals surface area contributed by atoms with Crippen molar-refractivity contribution in [3.63, 3.8) is 0 Å². The van der Waals surface area contributed by atoms with Crippen LogP contribution < -0.4 is 14.7 Å². The van der Waals surface area contributed by atoms with E-state index < -0.39 is 0 Å². The maximum Gasteiger partial charge on any atom is 0.0699 e. The van der Waals surface area contributed by atoms with E-state index in [4.69, 9.17) is 0 Å². The first-order valence-corrected chi connectivity index (χ1v) is 27.4. The van der Waals surface area contributed by atoms with Gasteiger partial charge in [-0.1, -0.05) is 146 Å². The number of fused-ring (bicyclic) bond motifs is 6. The Hall–Kier alpha value is -8.86. The molecule has 3 aliphatic carbocycles. The summed E-state index contributed by atoms with van der Waals surface area (Å²) in [7, 11) is 4.47. The molecular weight excluding hydrogens is 921 g/mol. The van der Waals surface area contributed by atoms with Gasteiger partial charge in [-0.15, -0.1) is 0 Å². The summed E-state index contributed by atoms with van der Waals surface area (Å²) in [6.07, 6.45) is 18.2. The Morgan fingerprint density at radius 2 is 0.803 bits per heavy atom. The average molecular weight is 979 g/mol. The minimum Gasteiger partial charge on any atom is -0.345 e. The van der Waals surface area contributed by atoms with Crippen LogP contribution in [0.2, 0.25) is 0 Å². The molecule has 0 atom stereocenters. The Morgan fingerprint density at radius 3 is 1.39 bits per heavy atom. The SMILES string of the molecule is CN1C2=C(CCC=C2)N(c2ccc3c(-c4cc5c(cc4-c4ccccc4)CCCC5)c4cc(N5c6ccccc6N(C)c6ccccc65)ccc4c(-c4cc5ccccc5cc4-c4ccccc4)c3c2)C2=C1CCC=C2. The van der Waals surface area contributed by atoms with E-state index >= 15 is 0 Å². The molecule has 0 spiro atoms. The molecule has 15 rings (SSSR count). The van der Waals surface area contributed by atoms with E-state index in [-0.39, 0.29) is 0 Å². The summed E-state index contributed by atoms with van der Waals surface area (Å²) in [4.78, 5) is 9.92. The molecular formula is C72H58N4. The third-order valence-electron chi connectivity index (χ3n) is 17.2. The molecule has 2 heterocycles. The zero-order valence-electron chi connectivity index (χ0n) is 43.2. The molecule has 10 aromatic carbocycles. The van der Waals surface area contributed by atoms with Gasteiger partial charge in [-0.25, -0.2) is 0 Å². The monoisotopic (exact) mass is 978 g/mol. The van der Waals surface area contributed by atoms with Crippen molar-refractivity contribution in [1.29, 1.82) is 0 Å². The van der Waals surface area contributed by atoms with E-state index in [1.54, 1.807) is 0 Å². The minimum absolute atomic E-state index is 0.981. The summed E-state index contributed by atoms with van der Waals surface area (Å²) in [5.41, 5.74) is 25.4. The highest BCUT2D eigenvalue weighted by molar-refractivity contribution is 6.25. The molecule has 366 valence electrons. The summed E-state index contributed by atoms with van der Waals surface area (Å²) in [6.45, 7) is 0. The Morgan fingerprint density at radius 1 is 0.342 bits per heavy atom. The quantitative estimate of drug-likeness (QED) is 0.154. The van der Waals surface area contributed by atoms with E-state index in [0.717, 1.165) is 44.2 Å². The van der Waals surface area contributed by atoms with Crippen LogP contribution in [0.4, 0.5) is 34.1 Å². The number of allylic oxidation sites excluding steroid dienone is 6. The Balaban J connectivity index is 1.11. The van der Waals surface area contributed by atoms with Crippen LogP contribution >= 0.6 is 0 Å². The molecule has 0 unspecified atom stereocenters. The number of anilines is 6. The number of para-hydroxylation sites is 4. The van der Waals surface area contributed by atoms with Crippen molar-refractivity contribution in [2.45, 2.75) is 51.4 Å². The van der Waals surface area contributed by atoms with Crippen molar-refractivity contribution >= 4 is 66.4 Å². The molecule has 0 amide bonds. The van der Waals surface area contributed by atoms with Crippen molar-refractivity contribution in [2.24, 2.45) is 0 Å². The van der Waals surface area contributed by atoms with Gasteiger partial charge in [0.2, 0.25) is 0 Å². The molecule has 0 saturated heterocycles. The molecule has 0 radical (unpaired) electrons. The smallest absolute Gasteiger partial charge is 0.0699 e. The number of hydrogen-bond donors (Lipinski definition) is 0. The normalized spacial score (nSPS) is 15.8. The van der Waals surface area contributed by atoms with Gasteiger partial charge in [-0.2, -0.15) is 0 Å². The van der Waals surface area contributed by atoms with Crippen LogP contribution in [0.25, 0.3) is 76.8 Å². The van der Waals surface area contributed by atoms with Gasteiger partial charge in [-0.3, -0.25) is 0 Å². The lowest BCUT2D eigenvalue weighted by atomic mass is 9.79. The highest BCUT2D eigenvalue weighted by atomic mass is 15.3. The minimum atomic E-state index is 0.981. The Bertz CT molecular complexity index is 4110. The summed E-state index contributed by atoms with van der Waals surface area (Å²) in [5, 5.41) is 7.44. The van der Waals surface area contributed by atoms with Gasteiger partial charge < -0.3 is 19.6 Å². The van der Waals surface area contributed by atoms with E-state index in [2.05, 4.69) is 252 Å². The molecule has 0 bridgehead atoms. The maximum atomic E-state index is 2.62. The van der Waals surface area contributed by atoms with Crippen LogP contribution in [0.15, 0.2) is 241 Å². The standard InChI is InChI=1S/C72H58N4/c1-73-63-29-13-17-33-67(63)75(68-34-18-14-30-64(68)73)53-37-39-55-61(45-53)71(59-43-51-27-11-9-25-49(51)41-57(59)47-21-5-3-6-22-47)56-40-38-54(76-69-35-19-15-31-65(69)74(2)66-32-16-20-36-70(66)76)46-62(56)72(55)60-44-52-28-12-10-26-50(52)42-58(60)48-23-7-4-8-24-48/h3-9,11,13,15-16,18-25,27,29,31-32,34-46H,10,12,14,17,26,28,30,33H2,1-2H3. The fraction of sp³-hybridized carbons (Fsp3) is 0.139. The zero-order chi connectivity index (χ0) is 50.4. The molecule has 10 aromatic rings. The number of likely N-dealkylation sites (N-methyl/N-ethyl adjacent to an activating group) is 1. The fourth-order valence-corrected chi connectivity index (χ4v) is 13.6. The van der Waals surface area contributed by atoms with Crippen LogP contribution in [0.5, 0.6) is 0 Å². The van der Waals surface area contributed by atoms with E-state index in [1.165, 1.54) is 152 Å². The maximum absolute atomic E-state index is 2.62. The number of hydrogen-bond acceptors (Lipinski definition) is 4. The molecule has 4 heteroatoms. The Labute approximate surface area is 446 Å². The lowest BCUT2D eigenvalue weighted by Crippen LogP contribution is -2.36. The van der Waals surface area contributed by atoms with Crippen LogP contribution in [-0.2, 0) is 12.8 Å². The predicted octanol–water partition coefficient (Wildman–Crippen LogP) is 19.1. The average Bonchev–Trinajstić information content (AvgIpc) is 3.61. The van der Waals surface area contributed by atoms with Crippen molar-refractivity contribution in [1.82, 2.24) is 4.90 Å². The molecule has 0 aromatic heterocycles. The first-order valence-electron chi connectivity index (χ1n) is 27.4. The first kappa shape index (κ1) is 44.6. The highest BCUT2D eigenvalue weighted by Gasteiger charge is 2.34. The lowest BCUT2D eigenvalue weighted by Gasteiger charge is -2.43. The third-order valence-corrected chi connectivity index (χ3v) is 17.2. The summed E-state index contributed by atoms with van der Waals surface area (Å²) in [5.74, 6) is 0. The molecule has 0 fully saturated rings. The second-order valence-electron chi connectivity index (χ2n) is 21.4. The molecule has 0 saturated carbocycles. The summed E-state index contributed by atoms with van der Waals surface area (Å²) < 4.78 is 0. The molecule has 5 aliphatic rings. The van der Waals surface area contributed by atoms with Crippen molar-refractivity contribution in [3.05, 3.63) is 252 Å². The first-order chi connectivity index (χ1) is 37.6. The van der Waals surface area contributed by atoms with Crippen LogP contribution in [0.1, 0.15) is 49.7 Å². The summed E-state index contributed by atoms with van der Waals surface area (Å²) >= 11 is 0. The third kappa shape index (κ3) is 7.04. The number of benzene rings is 10. The number of nitrogens with zero attached hydrogens (tertiary/aromatic N) is 4. The van der Waals surface area contributed by atoms with Crippen molar-refractivity contribution in [3.8, 4) is 44.5 Å². The van der Waals surface area contributed by atoms with Crippen molar-refractivity contribution < 1.29 is 0 Å². The van der Waals surface area contributed by atoms with E-state index in [1.807, 2.05) is 0 Å². The van der Waals surface area contributed by atoms with Gasteiger partial charge in [0.25, 0.3) is 0 Å². The second kappa shape index (κ2) is 17.9. The topological polar surface area (TPSA) is 13.0 Å². The zero-order valence-corrected chi connectivity index (χ0v) is 43.2. The Kier molecular flexibility index (Phi) is 10.5. The van der Waals surface area contributed by atoms with Gasteiger partial charge in [0.15, 0.2) is 0 Å². The van der Waals surface area contributed by atoms with Gasteiger partial charge in [-0.05, 0) is 212 Å². The molecule has 76 heavy (non-hydrogen) atoms. The molecule has 2 aliphatic heterocycles. The van der Waals surface area contributed by atoms with Gasteiger partial charge >= 0.3 is 0 Å². The van der Waals surface area contributed by atoms with E-state index in [9.17, 15) is 0 Å². The van der Waals surface area contributed by atoms with E-state index in [0.29, 0.717) is 0 Å². The molecule has 0 N–H and O–H groups in total. The predicted molar refractivity (Wildman–Crippen MR) is 321 cm³/mol. The number of aryl methyl sites for hydroxylation is 2. The van der Waals surface area contributed by atoms with Crippen LogP contribution in [0.3, 0.4) is 0 Å². The van der Waals surface area contributed by atoms with Gasteiger partial charge in [0.1, 0.15) is 0 Å². The van der Waals surface area contributed by atoms with Crippen LogP contribution in [0, 0.1) is 0 Å². The largest absolute Gasteiger partial charge is 0.345 e. The summed E-state index contributed by atoms with van der Waals surface area (Å²) in [6, 6.07) is 73.9. The second-order valence-corrected chi connectivity index (χ2v) is 21.4. The van der Waals surface area contributed by atoms with Crippen molar-refractivity contribution in [2.75, 3.05) is 28.8 Å². The highest BCUT2D eigenvalue weighted by Crippen LogP contribution is 2.55. The molecule has 4 nitrogen and oxygen atoms in total. The lowest BCUT2D eigenvalue weighted by molar-refractivity contribution is 0.471. The van der Waals surface area contributed by atoms with Gasteiger partial charge in [0, 0.05) is 36.9 Å².